The fourth-order valence-corrected chi connectivity index (χ4v) is 3.95. The van der Waals surface area contributed by atoms with Crippen molar-refractivity contribution >= 4 is 46.2 Å². The Morgan fingerprint density at radius 1 is 1.17 bits per heavy atom. The Morgan fingerprint density at radius 2 is 1.97 bits per heavy atom. The van der Waals surface area contributed by atoms with Gasteiger partial charge in [0.1, 0.15) is 0 Å². The Hall–Kier alpha value is -1.37. The van der Waals surface area contributed by atoms with Gasteiger partial charge in [0.15, 0.2) is 5.11 Å². The van der Waals surface area contributed by atoms with E-state index in [0.717, 1.165) is 72.7 Å². The highest BCUT2D eigenvalue weighted by molar-refractivity contribution is 7.80. The van der Waals surface area contributed by atoms with Crippen LogP contribution in [0.2, 0.25) is 10.0 Å². The summed E-state index contributed by atoms with van der Waals surface area (Å²) in [4.78, 5) is 4.64. The monoisotopic (exact) mass is 451 g/mol. The molecule has 0 bridgehead atoms. The van der Waals surface area contributed by atoms with E-state index in [1.54, 1.807) is 0 Å². The zero-order chi connectivity index (χ0) is 20.6. The number of thiocarbonyl (C=S) groups is 1. The number of nitrogens with one attached hydrogen (secondary N) is 1. The minimum atomic E-state index is 0.702. The summed E-state index contributed by atoms with van der Waals surface area (Å²) >= 11 is 18.1. The largest absolute Gasteiger partial charge is 0.379 e. The number of hydrogen-bond donors (Lipinski definition) is 1. The van der Waals surface area contributed by atoms with Crippen LogP contribution in [0.5, 0.6) is 0 Å². The molecule has 0 aromatic heterocycles. The lowest BCUT2D eigenvalue weighted by Crippen LogP contribution is -2.40. The smallest absolute Gasteiger partial charge is 0.173 e. The third-order valence-corrected chi connectivity index (χ3v) is 5.98. The molecule has 2 aromatic rings. The van der Waals surface area contributed by atoms with Crippen LogP contribution < -0.4 is 5.32 Å². The van der Waals surface area contributed by atoms with Crippen LogP contribution in [0.4, 0.5) is 5.69 Å². The van der Waals surface area contributed by atoms with Crippen LogP contribution in [-0.2, 0) is 11.3 Å². The van der Waals surface area contributed by atoms with E-state index in [2.05, 4.69) is 21.2 Å². The Kier molecular flexibility index (Phi) is 8.57. The van der Waals surface area contributed by atoms with Gasteiger partial charge in [-0.3, -0.25) is 4.90 Å². The van der Waals surface area contributed by atoms with Gasteiger partial charge in [0.25, 0.3) is 0 Å². The molecule has 1 saturated heterocycles. The van der Waals surface area contributed by atoms with Crippen molar-refractivity contribution in [2.45, 2.75) is 19.9 Å². The van der Waals surface area contributed by atoms with E-state index < -0.39 is 0 Å². The summed E-state index contributed by atoms with van der Waals surface area (Å²) in [5, 5.41) is 5.56. The number of nitrogens with zero attached hydrogens (tertiary/aromatic N) is 2. The number of morpholine rings is 1. The molecule has 0 unspecified atom stereocenters. The van der Waals surface area contributed by atoms with Gasteiger partial charge in [0.2, 0.25) is 0 Å². The van der Waals surface area contributed by atoms with E-state index >= 15 is 0 Å². The van der Waals surface area contributed by atoms with Crippen molar-refractivity contribution in [3.8, 4) is 0 Å². The standard InChI is InChI=1S/C22H27Cl2N3OS/c1-17-14-20(6-7-21(17)24)25-22(29)27(16-18-4-2-5-19(23)15-18)9-3-8-26-10-12-28-13-11-26/h2,4-7,14-15H,3,8-13,16H2,1H3,(H,25,29). The first kappa shape index (κ1) is 22.3. The van der Waals surface area contributed by atoms with Crippen LogP contribution in [0.25, 0.3) is 0 Å². The van der Waals surface area contributed by atoms with Gasteiger partial charge < -0.3 is 15.0 Å². The molecule has 1 aliphatic rings. The number of rotatable bonds is 7. The van der Waals surface area contributed by atoms with Gasteiger partial charge in [-0.1, -0.05) is 35.3 Å². The van der Waals surface area contributed by atoms with E-state index in [1.807, 2.05) is 43.3 Å². The van der Waals surface area contributed by atoms with Crippen molar-refractivity contribution in [2.24, 2.45) is 0 Å². The first-order chi connectivity index (χ1) is 14.0. The maximum absolute atomic E-state index is 6.18. The van der Waals surface area contributed by atoms with Gasteiger partial charge in [-0.2, -0.15) is 0 Å². The van der Waals surface area contributed by atoms with Crippen molar-refractivity contribution in [3.63, 3.8) is 0 Å². The van der Waals surface area contributed by atoms with Crippen LogP contribution in [0, 0.1) is 6.92 Å². The van der Waals surface area contributed by atoms with Crippen LogP contribution >= 0.6 is 35.4 Å². The van der Waals surface area contributed by atoms with Crippen LogP contribution in [0.3, 0.4) is 0 Å². The summed E-state index contributed by atoms with van der Waals surface area (Å²) in [6, 6.07) is 13.8. The van der Waals surface area contributed by atoms with Crippen molar-refractivity contribution in [1.82, 2.24) is 9.80 Å². The topological polar surface area (TPSA) is 27.7 Å². The highest BCUT2D eigenvalue weighted by Crippen LogP contribution is 2.20. The lowest BCUT2D eigenvalue weighted by Gasteiger charge is -2.30. The molecule has 2 aromatic carbocycles. The summed E-state index contributed by atoms with van der Waals surface area (Å²) in [6.07, 6.45) is 1.03. The minimum absolute atomic E-state index is 0.702. The second-order valence-corrected chi connectivity index (χ2v) is 8.48. The second-order valence-electron chi connectivity index (χ2n) is 7.25. The van der Waals surface area contributed by atoms with Crippen LogP contribution in [0.15, 0.2) is 42.5 Å². The van der Waals surface area contributed by atoms with Gasteiger partial charge in [-0.15, -0.1) is 0 Å². The highest BCUT2D eigenvalue weighted by Gasteiger charge is 2.14. The SMILES string of the molecule is Cc1cc(NC(=S)N(CCCN2CCOCC2)Cc2cccc(Cl)c2)ccc1Cl. The average Bonchev–Trinajstić information content (AvgIpc) is 2.71. The van der Waals surface area contributed by atoms with Gasteiger partial charge >= 0.3 is 0 Å². The predicted molar refractivity (Wildman–Crippen MR) is 126 cm³/mol. The highest BCUT2D eigenvalue weighted by atomic mass is 35.5. The van der Waals surface area contributed by atoms with E-state index in [0.29, 0.717) is 11.7 Å². The molecular formula is C22H27Cl2N3OS. The van der Waals surface area contributed by atoms with Crippen molar-refractivity contribution in [3.05, 3.63) is 63.6 Å². The van der Waals surface area contributed by atoms with E-state index in [9.17, 15) is 0 Å². The third-order valence-electron chi connectivity index (χ3n) is 4.96. The molecule has 0 atom stereocenters. The number of benzene rings is 2. The molecular weight excluding hydrogens is 425 g/mol. The molecule has 3 rings (SSSR count). The normalized spacial score (nSPS) is 14.6. The summed E-state index contributed by atoms with van der Waals surface area (Å²) in [5.74, 6) is 0. The van der Waals surface area contributed by atoms with E-state index in [4.69, 9.17) is 40.2 Å². The van der Waals surface area contributed by atoms with Crippen molar-refractivity contribution < 1.29 is 4.74 Å². The number of hydrogen-bond acceptors (Lipinski definition) is 3. The molecule has 1 fully saturated rings. The Balaban J connectivity index is 1.64. The average molecular weight is 452 g/mol. The number of halogens is 2. The summed E-state index contributed by atoms with van der Waals surface area (Å²) in [7, 11) is 0. The maximum Gasteiger partial charge on any atom is 0.173 e. The molecule has 0 radical (unpaired) electrons. The molecule has 1 heterocycles. The Bertz CT molecular complexity index is 827. The zero-order valence-electron chi connectivity index (χ0n) is 16.7. The lowest BCUT2D eigenvalue weighted by molar-refractivity contribution is 0.0368. The molecule has 0 aliphatic carbocycles. The Labute approximate surface area is 188 Å². The fraction of sp³-hybridized carbons (Fsp3) is 0.409. The molecule has 0 saturated carbocycles. The molecule has 4 nitrogen and oxygen atoms in total. The van der Waals surface area contributed by atoms with Crippen LogP contribution in [-0.4, -0.2) is 54.3 Å². The second kappa shape index (κ2) is 11.1. The lowest BCUT2D eigenvalue weighted by atomic mass is 10.2. The van der Waals surface area contributed by atoms with Gasteiger partial charge in [-0.25, -0.2) is 0 Å². The van der Waals surface area contributed by atoms with Crippen molar-refractivity contribution in [2.75, 3.05) is 44.7 Å². The number of ether oxygens (including phenoxy) is 1. The van der Waals surface area contributed by atoms with Crippen LogP contribution in [0.1, 0.15) is 17.5 Å². The quantitative estimate of drug-likeness (QED) is 0.582. The number of aryl methyl sites for hydroxylation is 1. The fourth-order valence-electron chi connectivity index (χ4n) is 3.34. The third kappa shape index (κ3) is 7.12. The predicted octanol–water partition coefficient (Wildman–Crippen LogP) is 5.22. The van der Waals surface area contributed by atoms with E-state index in [-0.39, 0.29) is 0 Å². The van der Waals surface area contributed by atoms with E-state index in [1.165, 1.54) is 0 Å². The molecule has 0 amide bonds. The Morgan fingerprint density at radius 3 is 2.69 bits per heavy atom. The van der Waals surface area contributed by atoms with Gasteiger partial charge in [0, 0.05) is 48.5 Å². The summed E-state index contributed by atoms with van der Waals surface area (Å²) < 4.78 is 5.44. The molecule has 0 spiro atoms. The maximum atomic E-state index is 6.18. The molecule has 29 heavy (non-hydrogen) atoms. The first-order valence-electron chi connectivity index (χ1n) is 9.88. The van der Waals surface area contributed by atoms with Crippen molar-refractivity contribution in [1.29, 1.82) is 0 Å². The summed E-state index contributed by atoms with van der Waals surface area (Å²) in [5.41, 5.74) is 3.11. The zero-order valence-corrected chi connectivity index (χ0v) is 19.0. The molecule has 156 valence electrons. The van der Waals surface area contributed by atoms with Gasteiger partial charge in [-0.05, 0) is 67.0 Å². The molecule has 7 heteroatoms. The number of anilines is 1. The minimum Gasteiger partial charge on any atom is -0.379 e. The molecule has 1 aliphatic heterocycles. The summed E-state index contributed by atoms with van der Waals surface area (Å²) in [6.45, 7) is 8.25. The van der Waals surface area contributed by atoms with Gasteiger partial charge in [0.05, 0.1) is 13.2 Å². The first-order valence-corrected chi connectivity index (χ1v) is 11.0. The molecule has 1 N–H and O–H groups in total.